The Morgan fingerprint density at radius 2 is 0.762 bits per heavy atom. The molecule has 1 heterocycles. The van der Waals surface area contributed by atoms with Crippen LogP contribution in [-0.4, -0.2) is 4.98 Å². The van der Waals surface area contributed by atoms with Crippen LogP contribution in [0.3, 0.4) is 0 Å². The molecule has 1 aromatic heterocycles. The maximum absolute atomic E-state index is 4.62. The minimum Gasteiger partial charge on any atom is -0.256 e. The molecule has 196 valence electrons. The van der Waals surface area contributed by atoms with Gasteiger partial charge >= 0.3 is 0 Å². The normalized spacial score (nSPS) is 11.3. The summed E-state index contributed by atoms with van der Waals surface area (Å²) >= 11 is 0. The maximum Gasteiger partial charge on any atom is 0.0708 e. The van der Waals surface area contributed by atoms with Crippen LogP contribution in [-0.2, 0) is 0 Å². The Balaban J connectivity index is 1.28. The zero-order chi connectivity index (χ0) is 27.9. The number of benzene rings is 7. The van der Waals surface area contributed by atoms with Gasteiger partial charge in [-0.3, -0.25) is 4.98 Å². The fourth-order valence-electron chi connectivity index (χ4n) is 6.31. The molecule has 7 aromatic carbocycles. The molecule has 0 radical (unpaired) electrons. The van der Waals surface area contributed by atoms with E-state index in [0.717, 1.165) is 11.3 Å². The summed E-state index contributed by atoms with van der Waals surface area (Å²) in [6.07, 6.45) is 1.90. The first-order chi connectivity index (χ1) is 20.8. The van der Waals surface area contributed by atoms with Crippen molar-refractivity contribution in [1.29, 1.82) is 0 Å². The molecule has 0 N–H and O–H groups in total. The monoisotopic (exact) mass is 533 g/mol. The summed E-state index contributed by atoms with van der Waals surface area (Å²) in [6, 6.07) is 56.7. The van der Waals surface area contributed by atoms with Gasteiger partial charge in [-0.25, -0.2) is 0 Å². The molecule has 0 atom stereocenters. The Morgan fingerprint density at radius 3 is 1.36 bits per heavy atom. The van der Waals surface area contributed by atoms with Crippen LogP contribution in [0.1, 0.15) is 0 Å². The van der Waals surface area contributed by atoms with Crippen LogP contribution < -0.4 is 0 Å². The van der Waals surface area contributed by atoms with Crippen molar-refractivity contribution in [3.05, 3.63) is 164 Å². The number of hydrogen-bond donors (Lipinski definition) is 0. The standard InChI is InChI=1S/C41H27N/c1-3-11-28(12-4-1)39-27-33(23-24-42-39)31-19-20-32-26-34(22-21-30(32)25-31)41-37-17-9-7-15-35(37)40(29-13-5-2-6-14-29)36-16-8-10-18-38(36)41/h1-27H. The number of nitrogens with zero attached hydrogens (tertiary/aromatic N) is 1. The van der Waals surface area contributed by atoms with Gasteiger partial charge in [-0.1, -0.05) is 133 Å². The van der Waals surface area contributed by atoms with Crippen molar-refractivity contribution in [3.63, 3.8) is 0 Å². The number of fused-ring (bicyclic) bond motifs is 3. The van der Waals surface area contributed by atoms with Gasteiger partial charge in [-0.15, -0.1) is 0 Å². The first kappa shape index (κ1) is 24.3. The smallest absolute Gasteiger partial charge is 0.0708 e. The van der Waals surface area contributed by atoms with Crippen molar-refractivity contribution in [2.75, 3.05) is 0 Å². The van der Waals surface area contributed by atoms with Gasteiger partial charge in [-0.2, -0.15) is 0 Å². The Bertz CT molecular complexity index is 2170. The van der Waals surface area contributed by atoms with Crippen molar-refractivity contribution >= 4 is 32.3 Å². The van der Waals surface area contributed by atoms with Gasteiger partial charge in [0.15, 0.2) is 0 Å². The third kappa shape index (κ3) is 4.15. The zero-order valence-electron chi connectivity index (χ0n) is 23.0. The third-order valence-corrected chi connectivity index (χ3v) is 8.29. The summed E-state index contributed by atoms with van der Waals surface area (Å²) < 4.78 is 0. The zero-order valence-corrected chi connectivity index (χ0v) is 23.0. The van der Waals surface area contributed by atoms with Crippen molar-refractivity contribution in [2.45, 2.75) is 0 Å². The molecule has 0 amide bonds. The third-order valence-electron chi connectivity index (χ3n) is 8.29. The first-order valence-corrected chi connectivity index (χ1v) is 14.4. The van der Waals surface area contributed by atoms with Crippen LogP contribution in [0.4, 0.5) is 0 Å². The molecule has 8 rings (SSSR count). The molecule has 0 unspecified atom stereocenters. The van der Waals surface area contributed by atoms with Crippen LogP contribution >= 0.6 is 0 Å². The molecule has 1 heteroatoms. The number of hydrogen-bond acceptors (Lipinski definition) is 1. The lowest BCUT2D eigenvalue weighted by Crippen LogP contribution is -1.91. The Labute approximate surface area is 245 Å². The van der Waals surface area contributed by atoms with Crippen LogP contribution in [0, 0.1) is 0 Å². The highest BCUT2D eigenvalue weighted by Crippen LogP contribution is 2.44. The molecule has 0 saturated carbocycles. The lowest BCUT2D eigenvalue weighted by Gasteiger charge is -2.18. The van der Waals surface area contributed by atoms with E-state index in [1.165, 1.54) is 65.7 Å². The molecule has 0 fully saturated rings. The fourth-order valence-corrected chi connectivity index (χ4v) is 6.31. The number of aromatic nitrogens is 1. The van der Waals surface area contributed by atoms with E-state index in [1.807, 2.05) is 12.3 Å². The van der Waals surface area contributed by atoms with E-state index >= 15 is 0 Å². The predicted molar refractivity (Wildman–Crippen MR) is 178 cm³/mol. The highest BCUT2D eigenvalue weighted by atomic mass is 14.7. The summed E-state index contributed by atoms with van der Waals surface area (Å²) in [7, 11) is 0. The van der Waals surface area contributed by atoms with Gasteiger partial charge in [0.2, 0.25) is 0 Å². The van der Waals surface area contributed by atoms with Crippen molar-refractivity contribution in [3.8, 4) is 44.6 Å². The van der Waals surface area contributed by atoms with Crippen molar-refractivity contribution < 1.29 is 0 Å². The topological polar surface area (TPSA) is 12.9 Å². The molecular weight excluding hydrogens is 506 g/mol. The average molecular weight is 534 g/mol. The van der Waals surface area contributed by atoms with Crippen LogP contribution in [0.25, 0.3) is 77.0 Å². The lowest BCUT2D eigenvalue weighted by molar-refractivity contribution is 1.33. The Kier molecular flexibility index (Phi) is 5.86. The van der Waals surface area contributed by atoms with Gasteiger partial charge in [0.05, 0.1) is 5.69 Å². The molecule has 1 nitrogen and oxygen atoms in total. The van der Waals surface area contributed by atoms with E-state index in [1.54, 1.807) is 0 Å². The van der Waals surface area contributed by atoms with E-state index in [0.29, 0.717) is 0 Å². The van der Waals surface area contributed by atoms with Crippen LogP contribution in [0.15, 0.2) is 164 Å². The second-order valence-corrected chi connectivity index (χ2v) is 10.8. The van der Waals surface area contributed by atoms with Crippen LogP contribution in [0.5, 0.6) is 0 Å². The largest absolute Gasteiger partial charge is 0.256 e. The Hall–Kier alpha value is -5.53. The summed E-state index contributed by atoms with van der Waals surface area (Å²) in [5, 5.41) is 7.56. The number of rotatable bonds is 4. The molecular formula is C41H27N. The summed E-state index contributed by atoms with van der Waals surface area (Å²) in [6.45, 7) is 0. The first-order valence-electron chi connectivity index (χ1n) is 14.4. The Morgan fingerprint density at radius 1 is 0.310 bits per heavy atom. The fraction of sp³-hybridized carbons (Fsp3) is 0. The van der Waals surface area contributed by atoms with Gasteiger partial charge in [0.25, 0.3) is 0 Å². The molecule has 0 saturated heterocycles. The quantitative estimate of drug-likeness (QED) is 0.205. The maximum atomic E-state index is 4.62. The molecule has 42 heavy (non-hydrogen) atoms. The highest BCUT2D eigenvalue weighted by Gasteiger charge is 2.16. The molecule has 0 aliphatic heterocycles. The van der Waals surface area contributed by atoms with Crippen molar-refractivity contribution in [2.24, 2.45) is 0 Å². The molecule has 8 aromatic rings. The van der Waals surface area contributed by atoms with E-state index in [9.17, 15) is 0 Å². The van der Waals surface area contributed by atoms with Gasteiger partial charge in [-0.05, 0) is 90.0 Å². The summed E-state index contributed by atoms with van der Waals surface area (Å²) in [5.41, 5.74) is 9.54. The van der Waals surface area contributed by atoms with E-state index in [4.69, 9.17) is 0 Å². The van der Waals surface area contributed by atoms with Crippen molar-refractivity contribution in [1.82, 2.24) is 4.98 Å². The van der Waals surface area contributed by atoms with Gasteiger partial charge in [0, 0.05) is 11.8 Å². The minimum absolute atomic E-state index is 0.987. The second kappa shape index (κ2) is 10.1. The number of pyridine rings is 1. The lowest BCUT2D eigenvalue weighted by atomic mass is 9.85. The predicted octanol–water partition coefficient (Wildman–Crippen LogP) is 11.2. The summed E-state index contributed by atoms with van der Waals surface area (Å²) in [5.74, 6) is 0. The molecule has 0 bridgehead atoms. The minimum atomic E-state index is 0.987. The summed E-state index contributed by atoms with van der Waals surface area (Å²) in [4.78, 5) is 4.62. The van der Waals surface area contributed by atoms with E-state index in [2.05, 4.69) is 157 Å². The van der Waals surface area contributed by atoms with Gasteiger partial charge in [0.1, 0.15) is 0 Å². The second-order valence-electron chi connectivity index (χ2n) is 10.8. The molecule has 0 aliphatic rings. The van der Waals surface area contributed by atoms with Crippen LogP contribution in [0.2, 0.25) is 0 Å². The average Bonchev–Trinajstić information content (AvgIpc) is 3.07. The van der Waals surface area contributed by atoms with Gasteiger partial charge < -0.3 is 0 Å². The van der Waals surface area contributed by atoms with E-state index < -0.39 is 0 Å². The molecule has 0 aliphatic carbocycles. The SMILES string of the molecule is c1ccc(-c2cc(-c3ccc4cc(-c5c6ccccc6c(-c6ccccc6)c6ccccc56)ccc4c3)ccn2)cc1. The molecule has 0 spiro atoms. The van der Waals surface area contributed by atoms with E-state index in [-0.39, 0.29) is 0 Å². The highest BCUT2D eigenvalue weighted by molar-refractivity contribution is 6.21.